The molecule has 0 unspecified atom stereocenters. The maximum atomic E-state index is 10.6. The van der Waals surface area contributed by atoms with Gasteiger partial charge in [-0.25, -0.2) is 0 Å². The molecule has 0 spiro atoms. The fourth-order valence-corrected chi connectivity index (χ4v) is 1.47. The van der Waals surface area contributed by atoms with Gasteiger partial charge in [0.15, 0.2) is 0 Å². The van der Waals surface area contributed by atoms with E-state index in [9.17, 15) is 13.5 Å². The molecule has 12 heavy (non-hydrogen) atoms. The van der Waals surface area contributed by atoms with E-state index >= 15 is 0 Å². The average Bonchev–Trinajstić information content (AvgIpc) is 2.29. The first-order chi connectivity index (χ1) is 5.49. The minimum atomic E-state index is -3.38. The van der Waals surface area contributed by atoms with E-state index in [2.05, 4.69) is 4.18 Å². The first-order valence-corrected chi connectivity index (χ1v) is 5.50. The summed E-state index contributed by atoms with van der Waals surface area (Å²) in [5.41, 5.74) is 0. The van der Waals surface area contributed by atoms with Crippen molar-refractivity contribution in [2.75, 3.05) is 12.9 Å². The van der Waals surface area contributed by atoms with E-state index in [0.717, 1.165) is 6.26 Å². The van der Waals surface area contributed by atoms with Gasteiger partial charge in [0.25, 0.3) is 10.1 Å². The number of aliphatic hydroxyl groups excluding tert-OH is 1. The summed E-state index contributed by atoms with van der Waals surface area (Å²) in [5.74, 6) is -0.181. The highest BCUT2D eigenvalue weighted by atomic mass is 32.2. The second-order valence-electron chi connectivity index (χ2n) is 2.88. The van der Waals surface area contributed by atoms with Gasteiger partial charge in [0.05, 0.1) is 19.0 Å². The minimum absolute atomic E-state index is 0.0382. The van der Waals surface area contributed by atoms with Crippen LogP contribution in [0.3, 0.4) is 0 Å². The Morgan fingerprint density at radius 1 is 1.67 bits per heavy atom. The van der Waals surface area contributed by atoms with Crippen molar-refractivity contribution in [2.45, 2.75) is 12.5 Å². The monoisotopic (exact) mass is 192 g/mol. The molecule has 0 aromatic rings. The summed E-state index contributed by atoms with van der Waals surface area (Å²) >= 11 is 0. The summed E-state index contributed by atoms with van der Waals surface area (Å²) < 4.78 is 25.7. The zero-order valence-corrected chi connectivity index (χ0v) is 7.62. The fourth-order valence-electron chi connectivity index (χ4n) is 1.06. The van der Waals surface area contributed by atoms with Crippen molar-refractivity contribution in [3.8, 4) is 0 Å². The van der Waals surface area contributed by atoms with Gasteiger partial charge in [-0.2, -0.15) is 8.42 Å². The van der Waals surface area contributed by atoms with Crippen molar-refractivity contribution in [1.29, 1.82) is 0 Å². The molecule has 1 rings (SSSR count). The van der Waals surface area contributed by atoms with Crippen molar-refractivity contribution in [1.82, 2.24) is 0 Å². The van der Waals surface area contributed by atoms with Gasteiger partial charge in [0, 0.05) is 5.92 Å². The fraction of sp³-hybridized carbons (Fsp3) is 0.714. The van der Waals surface area contributed by atoms with Crippen LogP contribution in [0.2, 0.25) is 0 Å². The minimum Gasteiger partial charge on any atom is -0.392 e. The van der Waals surface area contributed by atoms with Gasteiger partial charge in [-0.1, -0.05) is 12.2 Å². The highest BCUT2D eigenvalue weighted by Crippen LogP contribution is 2.18. The number of aliphatic hydroxyl groups is 1. The normalized spacial score (nSPS) is 29.5. The van der Waals surface area contributed by atoms with Gasteiger partial charge >= 0.3 is 0 Å². The van der Waals surface area contributed by atoms with Gasteiger partial charge in [-0.05, 0) is 6.42 Å². The summed E-state index contributed by atoms with van der Waals surface area (Å²) in [6.45, 7) is 0.0382. The van der Waals surface area contributed by atoms with Crippen molar-refractivity contribution in [3.05, 3.63) is 12.2 Å². The second kappa shape index (κ2) is 3.55. The lowest BCUT2D eigenvalue weighted by molar-refractivity contribution is 0.113. The third-order valence-corrected chi connectivity index (χ3v) is 2.29. The summed E-state index contributed by atoms with van der Waals surface area (Å²) in [6.07, 6.45) is 4.68. The van der Waals surface area contributed by atoms with Gasteiger partial charge in [0.2, 0.25) is 0 Å². The second-order valence-corrected chi connectivity index (χ2v) is 4.53. The Morgan fingerprint density at radius 2 is 2.33 bits per heavy atom. The Kier molecular flexibility index (Phi) is 2.87. The van der Waals surface area contributed by atoms with Crippen LogP contribution in [0.4, 0.5) is 0 Å². The maximum Gasteiger partial charge on any atom is 0.264 e. The van der Waals surface area contributed by atoms with Gasteiger partial charge < -0.3 is 5.11 Å². The molecule has 0 aromatic heterocycles. The molecule has 1 aliphatic rings. The van der Waals surface area contributed by atoms with Gasteiger partial charge in [0.1, 0.15) is 0 Å². The van der Waals surface area contributed by atoms with Crippen LogP contribution in [0.5, 0.6) is 0 Å². The average molecular weight is 192 g/mol. The lowest BCUT2D eigenvalue weighted by Gasteiger charge is -2.12. The molecule has 4 nitrogen and oxygen atoms in total. The molecule has 2 atom stereocenters. The topological polar surface area (TPSA) is 63.6 Å². The molecule has 0 fully saturated rings. The molecule has 0 radical (unpaired) electrons. The molecule has 1 N–H and O–H groups in total. The zero-order chi connectivity index (χ0) is 9.19. The van der Waals surface area contributed by atoms with Crippen LogP contribution in [0, 0.1) is 5.92 Å². The van der Waals surface area contributed by atoms with E-state index in [1.165, 1.54) is 0 Å². The van der Waals surface area contributed by atoms with E-state index in [4.69, 9.17) is 0 Å². The Hall–Kier alpha value is -0.390. The summed E-state index contributed by atoms with van der Waals surface area (Å²) in [6, 6.07) is 0. The van der Waals surface area contributed by atoms with Crippen LogP contribution in [-0.4, -0.2) is 32.5 Å². The molecule has 5 heteroatoms. The number of hydrogen-bond donors (Lipinski definition) is 1. The molecular formula is C7H12O4S. The summed E-state index contributed by atoms with van der Waals surface area (Å²) in [5, 5.41) is 9.25. The summed E-state index contributed by atoms with van der Waals surface area (Å²) in [4.78, 5) is 0. The van der Waals surface area contributed by atoms with E-state index in [-0.39, 0.29) is 12.5 Å². The van der Waals surface area contributed by atoms with Crippen molar-refractivity contribution < 1.29 is 17.7 Å². The molecule has 70 valence electrons. The van der Waals surface area contributed by atoms with Gasteiger partial charge in [-0.3, -0.25) is 4.18 Å². The molecule has 1 aliphatic carbocycles. The molecule has 0 heterocycles. The Labute approximate surface area is 72.0 Å². The zero-order valence-electron chi connectivity index (χ0n) is 6.80. The maximum absolute atomic E-state index is 10.6. The lowest BCUT2D eigenvalue weighted by Crippen LogP contribution is -2.20. The van der Waals surface area contributed by atoms with Crippen LogP contribution in [0.1, 0.15) is 6.42 Å². The van der Waals surface area contributed by atoms with E-state index in [1.54, 1.807) is 6.08 Å². The lowest BCUT2D eigenvalue weighted by atomic mass is 10.1. The van der Waals surface area contributed by atoms with Crippen molar-refractivity contribution in [2.24, 2.45) is 5.92 Å². The molecular weight excluding hydrogens is 180 g/mol. The van der Waals surface area contributed by atoms with E-state index < -0.39 is 16.2 Å². The predicted octanol–water partition coefficient (Wildman–Crippen LogP) is -0.100. The number of hydrogen-bond acceptors (Lipinski definition) is 4. The SMILES string of the molecule is CS(=O)(=O)OC[C@H]1C=CC[C@@H]1O. The standard InChI is InChI=1S/C7H12O4S/c1-12(9,10)11-5-6-3-2-4-7(6)8/h2-3,6-8H,4-5H2,1H3/t6-,7+/m1/s1. The number of rotatable bonds is 3. The first kappa shape index (κ1) is 9.70. The molecule has 0 saturated carbocycles. The Bertz CT molecular complexity index is 267. The third kappa shape index (κ3) is 2.92. The molecule has 0 amide bonds. The van der Waals surface area contributed by atoms with E-state index in [0.29, 0.717) is 6.42 Å². The molecule has 0 saturated heterocycles. The predicted molar refractivity (Wildman–Crippen MR) is 44.0 cm³/mol. The van der Waals surface area contributed by atoms with Crippen LogP contribution in [0.25, 0.3) is 0 Å². The summed E-state index contributed by atoms with van der Waals surface area (Å²) in [7, 11) is -3.38. The van der Waals surface area contributed by atoms with Gasteiger partial charge in [-0.15, -0.1) is 0 Å². The van der Waals surface area contributed by atoms with Crippen LogP contribution in [-0.2, 0) is 14.3 Å². The highest BCUT2D eigenvalue weighted by Gasteiger charge is 2.21. The Morgan fingerprint density at radius 3 is 2.75 bits per heavy atom. The third-order valence-electron chi connectivity index (χ3n) is 1.73. The Balaban J connectivity index is 2.38. The quantitative estimate of drug-likeness (QED) is 0.501. The molecule has 0 aliphatic heterocycles. The molecule has 0 bridgehead atoms. The first-order valence-electron chi connectivity index (χ1n) is 3.68. The van der Waals surface area contributed by atoms with Crippen molar-refractivity contribution in [3.63, 3.8) is 0 Å². The highest BCUT2D eigenvalue weighted by molar-refractivity contribution is 7.85. The largest absolute Gasteiger partial charge is 0.392 e. The van der Waals surface area contributed by atoms with Crippen LogP contribution < -0.4 is 0 Å². The van der Waals surface area contributed by atoms with Crippen LogP contribution >= 0.6 is 0 Å². The molecule has 0 aromatic carbocycles. The van der Waals surface area contributed by atoms with Crippen LogP contribution in [0.15, 0.2) is 12.2 Å². The van der Waals surface area contributed by atoms with Crippen molar-refractivity contribution >= 4 is 10.1 Å². The van der Waals surface area contributed by atoms with E-state index in [1.807, 2.05) is 6.08 Å². The smallest absolute Gasteiger partial charge is 0.264 e.